The summed E-state index contributed by atoms with van der Waals surface area (Å²) in [5.74, 6) is 0.566. The number of aromatic nitrogens is 1. The molecule has 1 heterocycles. The van der Waals surface area contributed by atoms with Gasteiger partial charge in [-0.25, -0.2) is 12.4 Å². The third kappa shape index (κ3) is 2.98. The van der Waals surface area contributed by atoms with Crippen LogP contribution in [0.3, 0.4) is 0 Å². The monoisotopic (exact) mass is 489 g/mol. The summed E-state index contributed by atoms with van der Waals surface area (Å²) in [5, 5.41) is 12.0. The Kier molecular flexibility index (Phi) is 5.25. The molecule has 4 aromatic rings. The van der Waals surface area contributed by atoms with Gasteiger partial charge in [0.15, 0.2) is 0 Å². The predicted octanol–water partition coefficient (Wildman–Crippen LogP) is 4.96. The Morgan fingerprint density at radius 2 is 1.73 bits per heavy atom. The average molecular weight is 490 g/mol. The number of hydrogen-bond acceptors (Lipinski definition) is 5. The van der Waals surface area contributed by atoms with Crippen molar-refractivity contribution in [1.29, 1.82) is 0 Å². The quantitative estimate of drug-likeness (QED) is 0.428. The summed E-state index contributed by atoms with van der Waals surface area (Å²) in [6.07, 6.45) is 0. The van der Waals surface area contributed by atoms with Crippen LogP contribution in [0.1, 0.15) is 11.1 Å². The fourth-order valence-electron chi connectivity index (χ4n) is 3.75. The van der Waals surface area contributed by atoms with E-state index in [0.717, 1.165) is 5.56 Å². The Morgan fingerprint density at radius 1 is 1.07 bits per heavy atom. The molecule has 0 fully saturated rings. The van der Waals surface area contributed by atoms with Crippen molar-refractivity contribution in [2.45, 2.75) is 18.4 Å². The maximum Gasteiger partial charge on any atom is 0.268 e. The Bertz CT molecular complexity index is 1370. The molecule has 0 saturated carbocycles. The molecule has 156 valence electrons. The van der Waals surface area contributed by atoms with E-state index < -0.39 is 10.0 Å². The fourth-order valence-corrected chi connectivity index (χ4v) is 5.73. The topological polar surface area (TPSA) is 77.8 Å². The summed E-state index contributed by atoms with van der Waals surface area (Å²) in [6, 6.07) is 13.4. The van der Waals surface area contributed by atoms with Crippen LogP contribution >= 0.6 is 15.9 Å². The van der Waals surface area contributed by atoms with Crippen LogP contribution in [-0.2, 0) is 21.4 Å². The van der Waals surface area contributed by atoms with Crippen molar-refractivity contribution in [3.05, 3.63) is 64.1 Å². The molecule has 0 bridgehead atoms. The lowest BCUT2D eigenvalue weighted by molar-refractivity contribution is 0.185. The van der Waals surface area contributed by atoms with Crippen LogP contribution in [0.4, 0.5) is 0 Å². The number of rotatable bonds is 5. The fraction of sp³-hybridized carbons (Fsp3) is 0.182. The summed E-state index contributed by atoms with van der Waals surface area (Å²) in [5.41, 5.74) is 2.29. The smallest absolute Gasteiger partial charge is 0.268 e. The molecule has 0 atom stereocenters. The van der Waals surface area contributed by atoms with E-state index >= 15 is 0 Å². The second-order valence-electron chi connectivity index (χ2n) is 6.88. The first kappa shape index (κ1) is 20.7. The van der Waals surface area contributed by atoms with E-state index in [2.05, 4.69) is 15.9 Å². The number of hydrogen-bond donors (Lipinski definition) is 1. The van der Waals surface area contributed by atoms with Gasteiger partial charge in [-0.3, -0.25) is 0 Å². The van der Waals surface area contributed by atoms with Crippen LogP contribution in [0.15, 0.2) is 57.9 Å². The van der Waals surface area contributed by atoms with Gasteiger partial charge in [0.2, 0.25) is 0 Å². The molecule has 0 aliphatic heterocycles. The van der Waals surface area contributed by atoms with E-state index in [0.29, 0.717) is 37.6 Å². The van der Waals surface area contributed by atoms with Crippen LogP contribution in [0.2, 0.25) is 0 Å². The zero-order valence-electron chi connectivity index (χ0n) is 16.6. The number of phenols is 1. The van der Waals surface area contributed by atoms with Gasteiger partial charge in [-0.1, -0.05) is 18.2 Å². The number of para-hydroxylation sites is 1. The molecule has 0 spiro atoms. The average Bonchev–Trinajstić information content (AvgIpc) is 3.11. The van der Waals surface area contributed by atoms with E-state index in [1.165, 1.54) is 23.2 Å². The highest BCUT2D eigenvalue weighted by molar-refractivity contribution is 9.10. The number of methoxy groups -OCH3 is 2. The van der Waals surface area contributed by atoms with Crippen molar-refractivity contribution < 1.29 is 23.0 Å². The van der Waals surface area contributed by atoms with Gasteiger partial charge in [-0.15, -0.1) is 0 Å². The lowest BCUT2D eigenvalue weighted by atomic mass is 10.0. The van der Waals surface area contributed by atoms with E-state index in [1.54, 1.807) is 37.4 Å². The predicted molar refractivity (Wildman–Crippen MR) is 120 cm³/mol. The van der Waals surface area contributed by atoms with Crippen molar-refractivity contribution in [2.75, 3.05) is 14.2 Å². The standard InChI is InChI=1S/C22H20BrNO5S/c1-13-17(12-28-2)21-19(22(25)20(13)23)16-6-4-5-7-18(16)24(21)30(26,27)15-10-8-14(29-3)9-11-15/h4-11,25H,12H2,1-3H3. The summed E-state index contributed by atoms with van der Waals surface area (Å²) in [7, 11) is -0.905. The number of halogens is 1. The molecule has 0 unspecified atom stereocenters. The van der Waals surface area contributed by atoms with Crippen molar-refractivity contribution >= 4 is 47.8 Å². The van der Waals surface area contributed by atoms with Crippen LogP contribution in [0, 0.1) is 6.92 Å². The Morgan fingerprint density at radius 3 is 2.37 bits per heavy atom. The largest absolute Gasteiger partial charge is 0.506 e. The van der Waals surface area contributed by atoms with Gasteiger partial charge in [0.25, 0.3) is 10.0 Å². The Balaban J connectivity index is 2.20. The molecule has 1 aromatic heterocycles. The summed E-state index contributed by atoms with van der Waals surface area (Å²) >= 11 is 3.45. The van der Waals surface area contributed by atoms with Gasteiger partial charge in [0.1, 0.15) is 11.5 Å². The molecule has 30 heavy (non-hydrogen) atoms. The van der Waals surface area contributed by atoms with Gasteiger partial charge in [0, 0.05) is 18.1 Å². The molecule has 8 heteroatoms. The van der Waals surface area contributed by atoms with Crippen LogP contribution in [-0.4, -0.2) is 31.7 Å². The number of benzene rings is 3. The third-order valence-corrected chi connectivity index (χ3v) is 7.93. The molecule has 0 amide bonds. The van der Waals surface area contributed by atoms with Crippen molar-refractivity contribution in [3.63, 3.8) is 0 Å². The highest BCUT2D eigenvalue weighted by Gasteiger charge is 2.28. The van der Waals surface area contributed by atoms with Crippen molar-refractivity contribution in [3.8, 4) is 11.5 Å². The molecule has 1 N–H and O–H groups in total. The zero-order chi connectivity index (χ0) is 21.6. The third-order valence-electron chi connectivity index (χ3n) is 5.23. The van der Waals surface area contributed by atoms with E-state index in [9.17, 15) is 13.5 Å². The highest BCUT2D eigenvalue weighted by Crippen LogP contribution is 2.45. The maximum atomic E-state index is 13.8. The second-order valence-corrected chi connectivity index (χ2v) is 9.46. The molecular weight excluding hydrogens is 470 g/mol. The summed E-state index contributed by atoms with van der Waals surface area (Å²) < 4.78 is 39.9. The first-order valence-corrected chi connectivity index (χ1v) is 11.4. The van der Waals surface area contributed by atoms with Gasteiger partial charge in [-0.2, -0.15) is 0 Å². The minimum atomic E-state index is -3.98. The normalized spacial score (nSPS) is 12.0. The van der Waals surface area contributed by atoms with Crippen molar-refractivity contribution in [1.82, 2.24) is 3.97 Å². The second kappa shape index (κ2) is 7.61. The summed E-state index contributed by atoms with van der Waals surface area (Å²) in [6.45, 7) is 2.01. The van der Waals surface area contributed by atoms with E-state index in [4.69, 9.17) is 9.47 Å². The zero-order valence-corrected chi connectivity index (χ0v) is 19.0. The molecule has 0 aliphatic carbocycles. The molecule has 4 rings (SSSR count). The van der Waals surface area contributed by atoms with Gasteiger partial charge in [0.05, 0.1) is 39.5 Å². The maximum absolute atomic E-state index is 13.8. The molecule has 0 aliphatic rings. The van der Waals surface area contributed by atoms with Crippen LogP contribution in [0.25, 0.3) is 21.8 Å². The summed E-state index contributed by atoms with van der Waals surface area (Å²) in [4.78, 5) is 0.120. The van der Waals surface area contributed by atoms with Gasteiger partial charge < -0.3 is 14.6 Å². The Hall–Kier alpha value is -2.55. The van der Waals surface area contributed by atoms with Gasteiger partial charge >= 0.3 is 0 Å². The molecule has 6 nitrogen and oxygen atoms in total. The molecule has 0 radical (unpaired) electrons. The first-order valence-electron chi connectivity index (χ1n) is 9.14. The number of ether oxygens (including phenoxy) is 2. The molecular formula is C22H20BrNO5S. The SMILES string of the molecule is COCc1c(C)c(Br)c(O)c2c3ccccc3n(S(=O)(=O)c3ccc(OC)cc3)c12. The number of fused-ring (bicyclic) bond motifs is 3. The van der Waals surface area contributed by atoms with Crippen LogP contribution < -0.4 is 4.74 Å². The van der Waals surface area contributed by atoms with Crippen molar-refractivity contribution in [2.24, 2.45) is 0 Å². The Labute approximate surface area is 182 Å². The minimum Gasteiger partial charge on any atom is -0.506 e. The number of phenolic OH excluding ortho intramolecular Hbond substituents is 1. The van der Waals surface area contributed by atoms with E-state index in [-0.39, 0.29) is 17.3 Å². The van der Waals surface area contributed by atoms with Gasteiger partial charge in [-0.05, 0) is 58.7 Å². The van der Waals surface area contributed by atoms with Crippen LogP contribution in [0.5, 0.6) is 11.5 Å². The lowest BCUT2D eigenvalue weighted by Gasteiger charge is -2.15. The number of nitrogens with zero attached hydrogens (tertiary/aromatic N) is 1. The highest BCUT2D eigenvalue weighted by atomic mass is 79.9. The number of aromatic hydroxyl groups is 1. The minimum absolute atomic E-state index is 0.00207. The lowest BCUT2D eigenvalue weighted by Crippen LogP contribution is -2.14. The van der Waals surface area contributed by atoms with E-state index in [1.807, 2.05) is 13.0 Å². The molecule has 0 saturated heterocycles. The molecule has 3 aromatic carbocycles. The first-order chi connectivity index (χ1) is 14.3.